The van der Waals surface area contributed by atoms with Crippen molar-refractivity contribution in [2.75, 3.05) is 38.1 Å². The van der Waals surface area contributed by atoms with E-state index in [0.29, 0.717) is 25.4 Å². The number of aliphatic hydroxyl groups excluding tert-OH is 1. The molecule has 45 heavy (non-hydrogen) atoms. The molecule has 3 aromatic carbocycles. The summed E-state index contributed by atoms with van der Waals surface area (Å²) in [4.78, 5) is 18.3. The lowest BCUT2D eigenvalue weighted by molar-refractivity contribution is -0.0177. The van der Waals surface area contributed by atoms with Crippen LogP contribution in [0.25, 0.3) is 0 Å². The third kappa shape index (κ3) is 9.77. The van der Waals surface area contributed by atoms with E-state index in [0.717, 1.165) is 25.8 Å². The van der Waals surface area contributed by atoms with Gasteiger partial charge in [-0.2, -0.15) is 0 Å². The Morgan fingerprint density at radius 3 is 2.40 bits per heavy atom. The third-order valence-corrected chi connectivity index (χ3v) is 9.54. The van der Waals surface area contributed by atoms with Crippen LogP contribution in [-0.4, -0.2) is 80.8 Å². The fourth-order valence-electron chi connectivity index (χ4n) is 5.53. The van der Waals surface area contributed by atoms with Gasteiger partial charge < -0.3 is 19.5 Å². The van der Waals surface area contributed by atoms with Crippen LogP contribution < -0.4 is 9.46 Å². The summed E-state index contributed by atoms with van der Waals surface area (Å²) >= 11 is 0. The molecule has 0 fully saturated rings. The highest BCUT2D eigenvalue weighted by Gasteiger charge is 2.30. The molecule has 2 N–H and O–H groups in total. The van der Waals surface area contributed by atoms with E-state index in [9.17, 15) is 18.3 Å². The highest BCUT2D eigenvalue weighted by Crippen LogP contribution is 2.29. The average Bonchev–Trinajstić information content (AvgIpc) is 3.03. The van der Waals surface area contributed by atoms with E-state index in [1.165, 1.54) is 23.8 Å². The Morgan fingerprint density at radius 1 is 1.02 bits per heavy atom. The fourth-order valence-corrected chi connectivity index (χ4v) is 6.60. The van der Waals surface area contributed by atoms with Gasteiger partial charge in [0.1, 0.15) is 5.75 Å². The minimum Gasteiger partial charge on any atom is -0.490 e. The zero-order chi connectivity index (χ0) is 32.4. The maximum Gasteiger partial charge on any atom is 0.261 e. The third-order valence-electron chi connectivity index (χ3n) is 8.14. The van der Waals surface area contributed by atoms with Crippen LogP contribution >= 0.6 is 0 Å². The van der Waals surface area contributed by atoms with Gasteiger partial charge in [0.05, 0.1) is 35.3 Å². The lowest BCUT2D eigenvalue weighted by atomic mass is 10.0. The first-order chi connectivity index (χ1) is 21.6. The van der Waals surface area contributed by atoms with Crippen LogP contribution in [0, 0.1) is 5.92 Å². The van der Waals surface area contributed by atoms with Crippen LogP contribution in [0.5, 0.6) is 5.75 Å². The van der Waals surface area contributed by atoms with E-state index in [1.807, 2.05) is 25.1 Å². The first-order valence-electron chi connectivity index (χ1n) is 15.7. The summed E-state index contributed by atoms with van der Waals surface area (Å²) < 4.78 is 41.5. The summed E-state index contributed by atoms with van der Waals surface area (Å²) in [5, 5.41) is 10.2. The number of amides is 1. The molecule has 0 saturated carbocycles. The van der Waals surface area contributed by atoms with E-state index < -0.39 is 16.1 Å². The number of hydrogen-bond acceptors (Lipinski definition) is 7. The van der Waals surface area contributed by atoms with Crippen molar-refractivity contribution in [1.82, 2.24) is 9.80 Å². The standard InChI is InChI=1S/C35H47N3O6S/c1-26-22-38(27(2)25-39)35(40)32-21-30(36-45(41,42)31-16-9-6-10-17-31)18-19-33(32)44-28(3)13-11-12-20-43-34(26)24-37(4)23-29-14-7-5-8-15-29/h5-10,14-19,21,26-28,34,36,39H,11-13,20,22-25H2,1-4H3/t26-,27+,28-,34-/m1/s1. The van der Waals surface area contributed by atoms with Crippen LogP contribution in [0.3, 0.4) is 0 Å². The van der Waals surface area contributed by atoms with Crippen LogP contribution in [0.15, 0.2) is 83.8 Å². The molecule has 0 saturated heterocycles. The molecule has 1 amide bonds. The van der Waals surface area contributed by atoms with Gasteiger partial charge in [-0.25, -0.2) is 8.42 Å². The number of aliphatic hydroxyl groups is 1. The van der Waals surface area contributed by atoms with Crippen LogP contribution in [0.2, 0.25) is 0 Å². The number of hydrogen-bond donors (Lipinski definition) is 2. The van der Waals surface area contributed by atoms with Crippen LogP contribution in [0.1, 0.15) is 56.0 Å². The molecule has 10 heteroatoms. The zero-order valence-electron chi connectivity index (χ0n) is 26.8. The van der Waals surface area contributed by atoms with Crippen molar-refractivity contribution in [2.24, 2.45) is 5.92 Å². The molecule has 0 aromatic heterocycles. The van der Waals surface area contributed by atoms with Crippen molar-refractivity contribution in [2.45, 2.75) is 69.7 Å². The number of benzene rings is 3. The van der Waals surface area contributed by atoms with Crippen molar-refractivity contribution in [3.8, 4) is 5.75 Å². The number of carbonyl (C=O) groups excluding carboxylic acids is 1. The second-order valence-corrected chi connectivity index (χ2v) is 13.8. The minimum atomic E-state index is -3.88. The number of sulfonamides is 1. The van der Waals surface area contributed by atoms with Crippen molar-refractivity contribution in [3.05, 3.63) is 90.0 Å². The first kappa shape index (κ1) is 34.4. The van der Waals surface area contributed by atoms with Gasteiger partial charge >= 0.3 is 0 Å². The van der Waals surface area contributed by atoms with E-state index in [4.69, 9.17) is 9.47 Å². The van der Waals surface area contributed by atoms with Crippen molar-refractivity contribution < 1.29 is 27.8 Å². The number of anilines is 1. The van der Waals surface area contributed by atoms with Gasteiger partial charge in [0.25, 0.3) is 15.9 Å². The maximum absolute atomic E-state index is 14.3. The lowest BCUT2D eigenvalue weighted by Crippen LogP contribution is -2.47. The van der Waals surface area contributed by atoms with Gasteiger partial charge in [-0.15, -0.1) is 0 Å². The van der Waals surface area contributed by atoms with Gasteiger partial charge in [-0.3, -0.25) is 14.4 Å². The summed E-state index contributed by atoms with van der Waals surface area (Å²) in [6.07, 6.45) is 2.21. The molecule has 0 bridgehead atoms. The Hall–Kier alpha value is -3.44. The van der Waals surface area contributed by atoms with Crippen LogP contribution in [-0.2, 0) is 21.3 Å². The molecule has 1 aliphatic rings. The highest BCUT2D eigenvalue weighted by atomic mass is 32.2. The van der Waals surface area contributed by atoms with E-state index in [-0.39, 0.29) is 46.8 Å². The summed E-state index contributed by atoms with van der Waals surface area (Å²) in [6, 6.07) is 22.6. The lowest BCUT2D eigenvalue weighted by Gasteiger charge is -2.36. The molecule has 1 heterocycles. The Bertz CT molecular complexity index is 1470. The molecule has 0 unspecified atom stereocenters. The molecule has 9 nitrogen and oxygen atoms in total. The maximum atomic E-state index is 14.3. The molecule has 0 aliphatic carbocycles. The first-order valence-corrected chi connectivity index (χ1v) is 17.2. The molecule has 0 radical (unpaired) electrons. The van der Waals surface area contributed by atoms with Crippen molar-refractivity contribution in [3.63, 3.8) is 0 Å². The Balaban J connectivity index is 1.64. The molecule has 3 aromatic rings. The molecule has 1 aliphatic heterocycles. The van der Waals surface area contributed by atoms with Crippen molar-refractivity contribution in [1.29, 1.82) is 0 Å². The average molecular weight is 638 g/mol. The van der Waals surface area contributed by atoms with E-state index in [2.05, 4.69) is 35.7 Å². The Morgan fingerprint density at radius 2 is 1.71 bits per heavy atom. The number of fused-ring (bicyclic) bond motifs is 1. The van der Waals surface area contributed by atoms with Gasteiger partial charge in [-0.1, -0.05) is 55.5 Å². The topological polar surface area (TPSA) is 108 Å². The molecular formula is C35H47N3O6S. The number of likely N-dealkylation sites (N-methyl/N-ethyl adjacent to an activating group) is 1. The second-order valence-electron chi connectivity index (χ2n) is 12.1. The second kappa shape index (κ2) is 16.2. The molecule has 4 rings (SSSR count). The van der Waals surface area contributed by atoms with Gasteiger partial charge in [0, 0.05) is 37.8 Å². The summed E-state index contributed by atoms with van der Waals surface area (Å²) in [5.41, 5.74) is 1.69. The normalized spacial score (nSPS) is 21.0. The van der Waals surface area contributed by atoms with E-state index >= 15 is 0 Å². The van der Waals surface area contributed by atoms with Crippen molar-refractivity contribution >= 4 is 21.6 Å². The summed E-state index contributed by atoms with van der Waals surface area (Å²) in [6.45, 7) is 7.98. The van der Waals surface area contributed by atoms with Gasteiger partial charge in [0.15, 0.2) is 0 Å². The summed E-state index contributed by atoms with van der Waals surface area (Å²) in [7, 11) is -1.81. The molecule has 0 spiro atoms. The monoisotopic (exact) mass is 637 g/mol. The highest BCUT2D eigenvalue weighted by molar-refractivity contribution is 7.92. The van der Waals surface area contributed by atoms with Gasteiger partial charge in [-0.05, 0) is 76.1 Å². The molecule has 4 atom stereocenters. The van der Waals surface area contributed by atoms with Gasteiger partial charge in [0.2, 0.25) is 0 Å². The number of nitrogens with one attached hydrogen (secondary N) is 1. The number of rotatable bonds is 9. The fraction of sp³-hybridized carbons (Fsp3) is 0.457. The summed E-state index contributed by atoms with van der Waals surface area (Å²) in [5.74, 6) is -0.0302. The zero-order valence-corrected chi connectivity index (χ0v) is 27.6. The quantitative estimate of drug-likeness (QED) is 0.323. The van der Waals surface area contributed by atoms with Crippen LogP contribution in [0.4, 0.5) is 5.69 Å². The number of nitrogens with zero attached hydrogens (tertiary/aromatic N) is 2. The SMILES string of the molecule is C[C@@H]1CCCCO[C@H](CN(C)Cc2ccccc2)[C@H](C)CN([C@@H](C)CO)C(=O)c2cc(NS(=O)(=O)c3ccccc3)ccc2O1. The predicted molar refractivity (Wildman–Crippen MR) is 177 cm³/mol. The Labute approximate surface area is 268 Å². The number of carbonyl (C=O) groups is 1. The molecule has 244 valence electrons. The van der Waals surface area contributed by atoms with E-state index in [1.54, 1.807) is 42.2 Å². The molecular weight excluding hydrogens is 590 g/mol. The smallest absolute Gasteiger partial charge is 0.261 e. The largest absolute Gasteiger partial charge is 0.490 e. The predicted octanol–water partition coefficient (Wildman–Crippen LogP) is 5.41. The minimum absolute atomic E-state index is 0.0628. The number of ether oxygens (including phenoxy) is 2. The Kier molecular flexibility index (Phi) is 12.4.